The fourth-order valence-corrected chi connectivity index (χ4v) is 3.17. The van der Waals surface area contributed by atoms with Crippen molar-refractivity contribution >= 4 is 11.8 Å². The molecular formula is C15H34N2S. The highest BCUT2D eigenvalue weighted by Crippen LogP contribution is 2.23. The number of thioether (sulfide) groups is 1. The summed E-state index contributed by atoms with van der Waals surface area (Å²) in [5.41, 5.74) is 0.315. The zero-order valence-electron chi connectivity index (χ0n) is 13.5. The van der Waals surface area contributed by atoms with Gasteiger partial charge in [0.15, 0.2) is 0 Å². The smallest absolute Gasteiger partial charge is 0.0180 e. The van der Waals surface area contributed by atoms with E-state index in [2.05, 4.69) is 58.1 Å². The molecule has 0 bridgehead atoms. The van der Waals surface area contributed by atoms with Crippen LogP contribution < -0.4 is 5.32 Å². The molecule has 0 aliphatic heterocycles. The molecule has 2 atom stereocenters. The van der Waals surface area contributed by atoms with Gasteiger partial charge in [0.2, 0.25) is 0 Å². The van der Waals surface area contributed by atoms with Gasteiger partial charge in [0, 0.05) is 24.4 Å². The quantitative estimate of drug-likeness (QED) is 0.656. The average Bonchev–Trinajstić information content (AvgIpc) is 2.31. The minimum absolute atomic E-state index is 0.315. The minimum atomic E-state index is 0.315. The van der Waals surface area contributed by atoms with Gasteiger partial charge in [-0.05, 0) is 45.0 Å². The maximum Gasteiger partial charge on any atom is 0.0180 e. The predicted octanol–water partition coefficient (Wildman–Crippen LogP) is 3.47. The first-order valence-electron chi connectivity index (χ1n) is 7.31. The monoisotopic (exact) mass is 274 g/mol. The molecule has 0 fully saturated rings. The predicted molar refractivity (Wildman–Crippen MR) is 86.6 cm³/mol. The normalized spacial score (nSPS) is 16.0. The van der Waals surface area contributed by atoms with Gasteiger partial charge in [-0.2, -0.15) is 11.8 Å². The van der Waals surface area contributed by atoms with Gasteiger partial charge in [-0.1, -0.05) is 27.7 Å². The summed E-state index contributed by atoms with van der Waals surface area (Å²) in [7, 11) is 2.28. The number of nitrogens with one attached hydrogen (secondary N) is 1. The molecule has 0 rings (SSSR count). The Balaban J connectivity index is 4.35. The van der Waals surface area contributed by atoms with Crippen molar-refractivity contribution in [1.29, 1.82) is 0 Å². The van der Waals surface area contributed by atoms with Crippen LogP contribution in [0.25, 0.3) is 0 Å². The van der Waals surface area contributed by atoms with Gasteiger partial charge in [0.05, 0.1) is 0 Å². The molecule has 0 aliphatic carbocycles. The molecule has 0 radical (unpaired) electrons. The fourth-order valence-electron chi connectivity index (χ4n) is 2.30. The van der Waals surface area contributed by atoms with Crippen LogP contribution in [-0.2, 0) is 0 Å². The third kappa shape index (κ3) is 6.44. The first kappa shape index (κ1) is 18.3. The molecule has 0 saturated heterocycles. The topological polar surface area (TPSA) is 15.3 Å². The highest BCUT2D eigenvalue weighted by Gasteiger charge is 2.28. The van der Waals surface area contributed by atoms with Crippen LogP contribution in [0, 0.1) is 5.41 Å². The zero-order valence-corrected chi connectivity index (χ0v) is 14.4. The van der Waals surface area contributed by atoms with E-state index in [4.69, 9.17) is 0 Å². The second-order valence-electron chi connectivity index (χ2n) is 6.10. The summed E-state index contributed by atoms with van der Waals surface area (Å²) < 4.78 is 0. The average molecular weight is 275 g/mol. The highest BCUT2D eigenvalue weighted by atomic mass is 32.2. The molecule has 18 heavy (non-hydrogen) atoms. The van der Waals surface area contributed by atoms with Crippen molar-refractivity contribution in [3.8, 4) is 0 Å². The molecule has 2 unspecified atom stereocenters. The van der Waals surface area contributed by atoms with Crippen molar-refractivity contribution in [3.63, 3.8) is 0 Å². The second-order valence-corrected chi connectivity index (χ2v) is 7.01. The van der Waals surface area contributed by atoms with Crippen LogP contribution in [0.3, 0.4) is 0 Å². The van der Waals surface area contributed by atoms with Crippen LogP contribution in [0.15, 0.2) is 0 Å². The molecule has 0 spiro atoms. The SMILES string of the molecule is CCCNC(C)C(C)(C)CN(C)C(CC)CSC. The van der Waals surface area contributed by atoms with Crippen LogP contribution in [0.2, 0.25) is 0 Å². The first-order valence-corrected chi connectivity index (χ1v) is 8.70. The van der Waals surface area contributed by atoms with E-state index in [0.717, 1.165) is 13.1 Å². The molecule has 0 saturated carbocycles. The lowest BCUT2D eigenvalue weighted by atomic mass is 9.84. The van der Waals surface area contributed by atoms with Crippen molar-refractivity contribution < 1.29 is 0 Å². The summed E-state index contributed by atoms with van der Waals surface area (Å²) in [6.07, 6.45) is 4.65. The van der Waals surface area contributed by atoms with Gasteiger partial charge in [-0.25, -0.2) is 0 Å². The van der Waals surface area contributed by atoms with Gasteiger partial charge in [0.25, 0.3) is 0 Å². The van der Waals surface area contributed by atoms with E-state index in [-0.39, 0.29) is 0 Å². The number of hydrogen-bond acceptors (Lipinski definition) is 3. The molecule has 2 nitrogen and oxygen atoms in total. The minimum Gasteiger partial charge on any atom is -0.314 e. The van der Waals surface area contributed by atoms with Gasteiger partial charge >= 0.3 is 0 Å². The van der Waals surface area contributed by atoms with Crippen LogP contribution in [-0.4, -0.2) is 49.1 Å². The molecule has 0 aromatic rings. The fraction of sp³-hybridized carbons (Fsp3) is 1.00. The summed E-state index contributed by atoms with van der Waals surface area (Å²) in [6.45, 7) is 13.9. The van der Waals surface area contributed by atoms with Gasteiger partial charge in [-0.15, -0.1) is 0 Å². The molecule has 0 aromatic carbocycles. The molecule has 110 valence electrons. The van der Waals surface area contributed by atoms with Crippen LogP contribution in [0.4, 0.5) is 0 Å². The van der Waals surface area contributed by atoms with E-state index in [0.29, 0.717) is 17.5 Å². The number of nitrogens with zero attached hydrogens (tertiary/aromatic N) is 1. The summed E-state index contributed by atoms with van der Waals surface area (Å²) >= 11 is 1.95. The Morgan fingerprint density at radius 3 is 2.33 bits per heavy atom. The van der Waals surface area contributed by atoms with Crippen LogP contribution in [0.5, 0.6) is 0 Å². The summed E-state index contributed by atoms with van der Waals surface area (Å²) in [5.74, 6) is 1.24. The third-order valence-electron chi connectivity index (χ3n) is 3.98. The molecule has 0 heterocycles. The second kappa shape index (κ2) is 9.22. The Labute approximate surface area is 119 Å². The van der Waals surface area contributed by atoms with Gasteiger partial charge in [-0.3, -0.25) is 0 Å². The van der Waals surface area contributed by atoms with E-state index in [1.165, 1.54) is 18.6 Å². The Hall–Kier alpha value is 0.270. The summed E-state index contributed by atoms with van der Waals surface area (Å²) in [6, 6.07) is 1.27. The van der Waals surface area contributed by atoms with E-state index < -0.39 is 0 Å². The molecule has 1 N–H and O–H groups in total. The summed E-state index contributed by atoms with van der Waals surface area (Å²) in [4.78, 5) is 2.54. The lowest BCUT2D eigenvalue weighted by Gasteiger charge is -2.39. The Morgan fingerprint density at radius 1 is 1.28 bits per heavy atom. The Morgan fingerprint density at radius 2 is 1.89 bits per heavy atom. The highest BCUT2D eigenvalue weighted by molar-refractivity contribution is 7.98. The van der Waals surface area contributed by atoms with Crippen molar-refractivity contribution in [3.05, 3.63) is 0 Å². The van der Waals surface area contributed by atoms with Crippen molar-refractivity contribution in [2.45, 2.75) is 59.5 Å². The maximum absolute atomic E-state index is 3.63. The number of hydrogen-bond donors (Lipinski definition) is 1. The molecule has 0 aliphatic rings. The number of rotatable bonds is 10. The lowest BCUT2D eigenvalue weighted by molar-refractivity contribution is 0.135. The maximum atomic E-state index is 3.63. The lowest BCUT2D eigenvalue weighted by Crippen LogP contribution is -2.48. The Bertz CT molecular complexity index is 207. The van der Waals surface area contributed by atoms with Crippen molar-refractivity contribution in [1.82, 2.24) is 10.2 Å². The van der Waals surface area contributed by atoms with Crippen LogP contribution in [0.1, 0.15) is 47.5 Å². The van der Waals surface area contributed by atoms with Gasteiger partial charge < -0.3 is 10.2 Å². The Kier molecular flexibility index (Phi) is 9.36. The molecule has 3 heteroatoms. The van der Waals surface area contributed by atoms with Crippen molar-refractivity contribution in [2.75, 3.05) is 32.1 Å². The van der Waals surface area contributed by atoms with E-state index in [1.807, 2.05) is 11.8 Å². The first-order chi connectivity index (χ1) is 8.38. The zero-order chi connectivity index (χ0) is 14.2. The molecule has 0 amide bonds. The van der Waals surface area contributed by atoms with Gasteiger partial charge in [0.1, 0.15) is 0 Å². The molecule has 0 aromatic heterocycles. The van der Waals surface area contributed by atoms with E-state index in [1.54, 1.807) is 0 Å². The largest absolute Gasteiger partial charge is 0.314 e. The van der Waals surface area contributed by atoms with Crippen LogP contribution >= 0.6 is 11.8 Å². The third-order valence-corrected chi connectivity index (χ3v) is 4.70. The van der Waals surface area contributed by atoms with Crippen molar-refractivity contribution in [2.24, 2.45) is 5.41 Å². The standard InChI is InChI=1S/C15H34N2S/c1-8-10-16-13(3)15(4,5)12-17(6)14(9-2)11-18-7/h13-14,16H,8-12H2,1-7H3. The molecular weight excluding hydrogens is 240 g/mol. The summed E-state index contributed by atoms with van der Waals surface area (Å²) in [5, 5.41) is 3.63. The van der Waals surface area contributed by atoms with E-state index >= 15 is 0 Å². The van der Waals surface area contributed by atoms with E-state index in [9.17, 15) is 0 Å².